The van der Waals surface area contributed by atoms with Gasteiger partial charge < -0.3 is 10.8 Å². The molecule has 3 N–H and O–H groups in total. The number of amides is 1. The topological polar surface area (TPSA) is 83.6 Å². The number of piperidine rings is 1. The van der Waals surface area contributed by atoms with Crippen molar-refractivity contribution in [1.29, 1.82) is 0 Å². The SMILES string of the molecule is NC(=O)c1ccccc1CN1CCC(C(=O)O)CC1. The maximum Gasteiger partial charge on any atom is 0.306 e. The molecule has 102 valence electrons. The van der Waals surface area contributed by atoms with Crippen LogP contribution in [0.4, 0.5) is 0 Å². The molecule has 5 heteroatoms. The van der Waals surface area contributed by atoms with Gasteiger partial charge in [-0.1, -0.05) is 18.2 Å². The molecule has 1 saturated heterocycles. The first-order valence-electron chi connectivity index (χ1n) is 6.41. The number of benzene rings is 1. The van der Waals surface area contributed by atoms with E-state index in [0.717, 1.165) is 18.7 Å². The van der Waals surface area contributed by atoms with E-state index in [1.165, 1.54) is 0 Å². The number of hydrogen-bond acceptors (Lipinski definition) is 3. The first kappa shape index (κ1) is 13.5. The van der Waals surface area contributed by atoms with Gasteiger partial charge in [0, 0.05) is 12.1 Å². The summed E-state index contributed by atoms with van der Waals surface area (Å²) >= 11 is 0. The average molecular weight is 262 g/mol. The van der Waals surface area contributed by atoms with Crippen molar-refractivity contribution < 1.29 is 14.7 Å². The summed E-state index contributed by atoms with van der Waals surface area (Å²) in [5.74, 6) is -1.36. The molecule has 1 aliphatic heterocycles. The molecule has 19 heavy (non-hydrogen) atoms. The Hall–Kier alpha value is -1.88. The van der Waals surface area contributed by atoms with Gasteiger partial charge in [-0.15, -0.1) is 0 Å². The molecule has 0 unspecified atom stereocenters. The van der Waals surface area contributed by atoms with Crippen molar-refractivity contribution in [2.45, 2.75) is 19.4 Å². The van der Waals surface area contributed by atoms with E-state index in [1.54, 1.807) is 12.1 Å². The van der Waals surface area contributed by atoms with Gasteiger partial charge in [0.2, 0.25) is 5.91 Å². The van der Waals surface area contributed by atoms with Crippen LogP contribution in [-0.4, -0.2) is 35.0 Å². The molecule has 0 aliphatic carbocycles. The minimum absolute atomic E-state index is 0.234. The van der Waals surface area contributed by atoms with Crippen LogP contribution in [0.25, 0.3) is 0 Å². The lowest BCUT2D eigenvalue weighted by atomic mass is 9.96. The summed E-state index contributed by atoms with van der Waals surface area (Å²) in [4.78, 5) is 24.4. The number of nitrogens with zero attached hydrogens (tertiary/aromatic N) is 1. The van der Waals surface area contributed by atoms with E-state index < -0.39 is 11.9 Å². The molecule has 1 aromatic carbocycles. The second kappa shape index (κ2) is 5.84. The number of nitrogens with two attached hydrogens (primary N) is 1. The van der Waals surface area contributed by atoms with Gasteiger partial charge in [0.15, 0.2) is 0 Å². The Morgan fingerprint density at radius 2 is 1.89 bits per heavy atom. The monoisotopic (exact) mass is 262 g/mol. The van der Waals surface area contributed by atoms with Crippen LogP contribution in [-0.2, 0) is 11.3 Å². The average Bonchev–Trinajstić information content (AvgIpc) is 2.39. The van der Waals surface area contributed by atoms with Crippen LogP contribution in [0.3, 0.4) is 0 Å². The molecule has 2 rings (SSSR count). The minimum Gasteiger partial charge on any atom is -0.481 e. The summed E-state index contributed by atoms with van der Waals surface area (Å²) < 4.78 is 0. The zero-order chi connectivity index (χ0) is 13.8. The van der Waals surface area contributed by atoms with Gasteiger partial charge in [0.05, 0.1) is 5.92 Å². The van der Waals surface area contributed by atoms with Crippen LogP contribution >= 0.6 is 0 Å². The summed E-state index contributed by atoms with van der Waals surface area (Å²) in [7, 11) is 0. The summed E-state index contributed by atoms with van der Waals surface area (Å²) in [6.45, 7) is 2.12. The summed E-state index contributed by atoms with van der Waals surface area (Å²) in [5.41, 5.74) is 6.80. The van der Waals surface area contributed by atoms with Crippen molar-refractivity contribution >= 4 is 11.9 Å². The molecule has 0 saturated carbocycles. The summed E-state index contributed by atoms with van der Waals surface area (Å²) in [6.07, 6.45) is 1.32. The van der Waals surface area contributed by atoms with Crippen LogP contribution in [0.1, 0.15) is 28.8 Å². The number of likely N-dealkylation sites (tertiary alicyclic amines) is 1. The fourth-order valence-corrected chi connectivity index (χ4v) is 2.48. The smallest absolute Gasteiger partial charge is 0.306 e. The second-order valence-electron chi connectivity index (χ2n) is 4.91. The Kier molecular flexibility index (Phi) is 4.16. The number of rotatable bonds is 4. The highest BCUT2D eigenvalue weighted by Crippen LogP contribution is 2.20. The first-order valence-corrected chi connectivity index (χ1v) is 6.41. The lowest BCUT2D eigenvalue weighted by Gasteiger charge is -2.30. The van der Waals surface area contributed by atoms with Crippen molar-refractivity contribution in [2.75, 3.05) is 13.1 Å². The van der Waals surface area contributed by atoms with Crippen LogP contribution in [0.15, 0.2) is 24.3 Å². The van der Waals surface area contributed by atoms with Crippen LogP contribution < -0.4 is 5.73 Å². The van der Waals surface area contributed by atoms with Gasteiger partial charge >= 0.3 is 5.97 Å². The third kappa shape index (κ3) is 3.32. The Morgan fingerprint density at radius 1 is 1.26 bits per heavy atom. The fraction of sp³-hybridized carbons (Fsp3) is 0.429. The van der Waals surface area contributed by atoms with E-state index in [9.17, 15) is 9.59 Å². The normalized spacial score (nSPS) is 17.3. The number of aliphatic carboxylic acids is 1. The molecule has 0 bridgehead atoms. The van der Waals surface area contributed by atoms with E-state index in [1.807, 2.05) is 12.1 Å². The Bertz CT molecular complexity index is 479. The van der Waals surface area contributed by atoms with Crippen LogP contribution in [0.5, 0.6) is 0 Å². The van der Waals surface area contributed by atoms with Gasteiger partial charge in [-0.3, -0.25) is 14.5 Å². The highest BCUT2D eigenvalue weighted by molar-refractivity contribution is 5.94. The van der Waals surface area contributed by atoms with E-state index in [4.69, 9.17) is 10.8 Å². The molecule has 1 heterocycles. The standard InChI is InChI=1S/C14H18N2O3/c15-13(17)12-4-2-1-3-11(12)9-16-7-5-10(6-8-16)14(18)19/h1-4,10H,5-9H2,(H2,15,17)(H,18,19). The first-order chi connectivity index (χ1) is 9.08. The fourth-order valence-electron chi connectivity index (χ4n) is 2.48. The maximum absolute atomic E-state index is 11.3. The van der Waals surface area contributed by atoms with E-state index in [2.05, 4.69) is 4.90 Å². The Balaban J connectivity index is 2.00. The maximum atomic E-state index is 11.3. The molecule has 1 aliphatic rings. The van der Waals surface area contributed by atoms with E-state index in [-0.39, 0.29) is 5.92 Å². The van der Waals surface area contributed by atoms with Gasteiger partial charge in [-0.25, -0.2) is 0 Å². The number of carboxylic acids is 1. The molecule has 1 aromatic rings. The van der Waals surface area contributed by atoms with Gasteiger partial charge in [-0.05, 0) is 37.6 Å². The lowest BCUT2D eigenvalue weighted by Crippen LogP contribution is -2.36. The predicted molar refractivity (Wildman–Crippen MR) is 70.6 cm³/mol. The molecule has 0 radical (unpaired) electrons. The lowest BCUT2D eigenvalue weighted by molar-refractivity contribution is -0.143. The van der Waals surface area contributed by atoms with Gasteiger partial charge in [0.1, 0.15) is 0 Å². The Morgan fingerprint density at radius 3 is 2.47 bits per heavy atom. The van der Waals surface area contributed by atoms with Crippen molar-refractivity contribution in [3.05, 3.63) is 35.4 Å². The molecule has 0 spiro atoms. The number of hydrogen-bond donors (Lipinski definition) is 2. The molecule has 1 amide bonds. The molecular weight excluding hydrogens is 244 g/mol. The molecule has 0 atom stereocenters. The third-order valence-corrected chi connectivity index (χ3v) is 3.61. The van der Waals surface area contributed by atoms with Crippen molar-refractivity contribution in [3.63, 3.8) is 0 Å². The van der Waals surface area contributed by atoms with Gasteiger partial charge in [-0.2, -0.15) is 0 Å². The Labute approximate surface area is 112 Å². The largest absolute Gasteiger partial charge is 0.481 e. The zero-order valence-corrected chi connectivity index (χ0v) is 10.7. The molecular formula is C14H18N2O3. The highest BCUT2D eigenvalue weighted by atomic mass is 16.4. The number of carbonyl (C=O) groups excluding carboxylic acids is 1. The van der Waals surface area contributed by atoms with Crippen molar-refractivity contribution in [2.24, 2.45) is 11.7 Å². The minimum atomic E-state index is -0.711. The van der Waals surface area contributed by atoms with Crippen molar-refractivity contribution in [3.8, 4) is 0 Å². The molecule has 1 fully saturated rings. The third-order valence-electron chi connectivity index (χ3n) is 3.61. The summed E-state index contributed by atoms with van der Waals surface area (Å²) in [5, 5.41) is 8.95. The highest BCUT2D eigenvalue weighted by Gasteiger charge is 2.24. The molecule has 0 aromatic heterocycles. The van der Waals surface area contributed by atoms with Crippen LogP contribution in [0, 0.1) is 5.92 Å². The van der Waals surface area contributed by atoms with Crippen molar-refractivity contribution in [1.82, 2.24) is 4.90 Å². The van der Waals surface area contributed by atoms with E-state index in [0.29, 0.717) is 24.9 Å². The number of carboxylic acid groups (broad SMARTS) is 1. The number of carbonyl (C=O) groups is 2. The molecule has 5 nitrogen and oxygen atoms in total. The predicted octanol–water partition coefficient (Wildman–Crippen LogP) is 1.08. The van der Waals surface area contributed by atoms with E-state index >= 15 is 0 Å². The second-order valence-corrected chi connectivity index (χ2v) is 4.91. The van der Waals surface area contributed by atoms with Gasteiger partial charge in [0.25, 0.3) is 0 Å². The summed E-state index contributed by atoms with van der Waals surface area (Å²) in [6, 6.07) is 7.29. The zero-order valence-electron chi connectivity index (χ0n) is 10.7. The number of primary amides is 1. The quantitative estimate of drug-likeness (QED) is 0.850. The van der Waals surface area contributed by atoms with Crippen LogP contribution in [0.2, 0.25) is 0 Å².